The van der Waals surface area contributed by atoms with Crippen LogP contribution in [0.15, 0.2) is 81.4 Å². The van der Waals surface area contributed by atoms with Crippen LogP contribution in [0.3, 0.4) is 0 Å². The predicted octanol–water partition coefficient (Wildman–Crippen LogP) is 4.61. The molecule has 1 saturated heterocycles. The van der Waals surface area contributed by atoms with Gasteiger partial charge in [-0.3, -0.25) is 24.1 Å². The second-order valence-corrected chi connectivity index (χ2v) is 17.5. The van der Waals surface area contributed by atoms with E-state index >= 15 is 0 Å². The van der Waals surface area contributed by atoms with E-state index in [1.165, 1.54) is 40.9 Å². The number of fused-ring (bicyclic) bond motifs is 9. The number of aromatic nitrogens is 1. The lowest BCUT2D eigenvalue weighted by atomic mass is 9.68. The number of halogens is 1. The first-order valence-electron chi connectivity index (χ1n) is 16.7. The molecule has 2 saturated carbocycles. The molecule has 274 valence electrons. The molecule has 7 atom stereocenters. The smallest absolute Gasteiger partial charge is 0.338 e. The van der Waals surface area contributed by atoms with Gasteiger partial charge in [0.2, 0.25) is 21.8 Å². The lowest BCUT2D eigenvalue weighted by Crippen LogP contribution is -2.42. The molecule has 3 aromatic carbocycles. The number of carbonyl (C=O) groups excluding carboxylic acids is 4. The number of carbonyl (C=O) groups is 4. The third-order valence-corrected chi connectivity index (χ3v) is 14.2. The zero-order chi connectivity index (χ0) is 37.3. The Morgan fingerprint density at radius 3 is 2.38 bits per heavy atom. The first-order chi connectivity index (χ1) is 25.3. The minimum atomic E-state index is -3.90. The Morgan fingerprint density at radius 2 is 1.70 bits per heavy atom. The van der Waals surface area contributed by atoms with Crippen LogP contribution in [0.25, 0.3) is 0 Å². The van der Waals surface area contributed by atoms with E-state index in [1.54, 1.807) is 49.4 Å². The maximum absolute atomic E-state index is 14.2. The van der Waals surface area contributed by atoms with Crippen molar-refractivity contribution in [3.63, 3.8) is 0 Å². The molecule has 3 fully saturated rings. The number of esters is 1. The number of nitrogens with one attached hydrogen (secondary N) is 2. The van der Waals surface area contributed by atoms with Gasteiger partial charge in [0.25, 0.3) is 5.91 Å². The standard InChI is InChI=1S/C36H31ClN4O9S3/c1-2-49-35(45)16-3-8-19(9-4-16)41-33(43)28-22-14-23(29(28)34(41)44)30-27(22)26(31-32(51-30)40-36(46)52-31)21-13-17(37)5-12-24(21)50-15-25(42)39-18-6-10-20(11-7-18)53(38,47)48/h3-13,22-23,26-30H,2,14-15H2,1H3,(H,39,42)(H,40,46)(H2,38,47,48)/t22-,23-,26-,27?,28?,29?,30?/m1/s1. The van der Waals surface area contributed by atoms with Crippen molar-refractivity contribution in [2.24, 2.45) is 34.7 Å². The van der Waals surface area contributed by atoms with Crippen LogP contribution in [0.4, 0.5) is 11.4 Å². The fourth-order valence-electron chi connectivity index (χ4n) is 8.54. The van der Waals surface area contributed by atoms with Crippen molar-refractivity contribution in [1.82, 2.24) is 4.98 Å². The predicted molar refractivity (Wildman–Crippen MR) is 197 cm³/mol. The maximum Gasteiger partial charge on any atom is 0.338 e. The normalized spacial score (nSPS) is 25.5. The molecular weight excluding hydrogens is 764 g/mol. The molecule has 1 aromatic heterocycles. The molecular formula is C36H31ClN4O9S3. The van der Waals surface area contributed by atoms with Crippen molar-refractivity contribution in [2.45, 2.75) is 34.4 Å². The Morgan fingerprint density at radius 1 is 1.00 bits per heavy atom. The number of H-pyrrole nitrogens is 1. The van der Waals surface area contributed by atoms with Crippen molar-refractivity contribution < 1.29 is 37.1 Å². The van der Waals surface area contributed by atoms with E-state index in [-0.39, 0.29) is 51.2 Å². The number of hydrogen-bond donors (Lipinski definition) is 3. The lowest BCUT2D eigenvalue weighted by Gasteiger charge is -2.43. The molecule has 8 rings (SSSR count). The van der Waals surface area contributed by atoms with Gasteiger partial charge in [-0.05, 0) is 97.8 Å². The van der Waals surface area contributed by atoms with Gasteiger partial charge in [-0.1, -0.05) is 22.9 Å². The molecule has 0 spiro atoms. The number of nitrogens with zero attached hydrogens (tertiary/aromatic N) is 1. The quantitative estimate of drug-likeness (QED) is 0.159. The van der Waals surface area contributed by atoms with Crippen LogP contribution in [0, 0.1) is 29.6 Å². The third-order valence-electron chi connectivity index (χ3n) is 10.5. The summed E-state index contributed by atoms with van der Waals surface area (Å²) in [5.41, 5.74) is 1.70. The van der Waals surface area contributed by atoms with E-state index in [0.717, 1.165) is 16.2 Å². The van der Waals surface area contributed by atoms with E-state index in [9.17, 15) is 32.4 Å². The van der Waals surface area contributed by atoms with Crippen LogP contribution in [0.1, 0.15) is 40.1 Å². The summed E-state index contributed by atoms with van der Waals surface area (Å²) in [6, 6.07) is 16.7. The van der Waals surface area contributed by atoms with Crippen molar-refractivity contribution in [3.8, 4) is 5.75 Å². The Bertz CT molecular complexity index is 2350. The van der Waals surface area contributed by atoms with Crippen LogP contribution < -0.4 is 25.0 Å². The van der Waals surface area contributed by atoms with Gasteiger partial charge in [0, 0.05) is 32.3 Å². The van der Waals surface area contributed by atoms with Gasteiger partial charge in [0.05, 0.1) is 39.6 Å². The van der Waals surface area contributed by atoms with Gasteiger partial charge in [-0.2, -0.15) is 0 Å². The number of aromatic amines is 1. The molecule has 2 aliphatic carbocycles. The molecule has 53 heavy (non-hydrogen) atoms. The van der Waals surface area contributed by atoms with E-state index in [4.69, 9.17) is 26.2 Å². The number of imide groups is 1. The minimum Gasteiger partial charge on any atom is -0.483 e. The van der Waals surface area contributed by atoms with Gasteiger partial charge in [-0.15, -0.1) is 11.8 Å². The summed E-state index contributed by atoms with van der Waals surface area (Å²) in [6.07, 6.45) is 0.657. The number of ether oxygens (including phenoxy) is 2. The Kier molecular flexibility index (Phi) is 9.00. The summed E-state index contributed by atoms with van der Waals surface area (Å²) in [7, 11) is -3.90. The fraction of sp³-hybridized carbons (Fsp3) is 0.306. The highest BCUT2D eigenvalue weighted by Gasteiger charge is 2.70. The summed E-state index contributed by atoms with van der Waals surface area (Å²) >= 11 is 9.20. The molecule has 3 heterocycles. The molecule has 4 N–H and O–H groups in total. The second kappa shape index (κ2) is 13.4. The van der Waals surface area contributed by atoms with Gasteiger partial charge in [-0.25, -0.2) is 18.4 Å². The van der Waals surface area contributed by atoms with Crippen LogP contribution in [0.2, 0.25) is 5.02 Å². The largest absolute Gasteiger partial charge is 0.483 e. The molecule has 4 unspecified atom stereocenters. The summed E-state index contributed by atoms with van der Waals surface area (Å²) in [6.45, 7) is 1.53. The van der Waals surface area contributed by atoms with Gasteiger partial charge >= 0.3 is 10.8 Å². The first-order valence-corrected chi connectivity index (χ1v) is 20.4. The molecule has 4 aromatic rings. The zero-order valence-electron chi connectivity index (χ0n) is 27.8. The molecule has 0 radical (unpaired) electrons. The van der Waals surface area contributed by atoms with E-state index < -0.39 is 46.3 Å². The number of thioether (sulfide) groups is 1. The number of primary sulfonamides is 1. The lowest BCUT2D eigenvalue weighted by molar-refractivity contribution is -0.123. The Hall–Kier alpha value is -4.48. The number of amides is 3. The number of hydrogen-bond acceptors (Lipinski definition) is 11. The Balaban J connectivity index is 1.08. The number of benzene rings is 3. The average Bonchev–Trinajstić information content (AvgIpc) is 3.86. The summed E-state index contributed by atoms with van der Waals surface area (Å²) in [5, 5.41) is 8.85. The zero-order valence-corrected chi connectivity index (χ0v) is 31.0. The van der Waals surface area contributed by atoms with Crippen LogP contribution in [0.5, 0.6) is 5.75 Å². The van der Waals surface area contributed by atoms with E-state index in [1.807, 2.05) is 0 Å². The Labute approximate surface area is 316 Å². The van der Waals surface area contributed by atoms with Gasteiger partial charge < -0.3 is 19.8 Å². The van der Waals surface area contributed by atoms with Crippen LogP contribution >= 0.6 is 34.7 Å². The molecule has 13 nitrogen and oxygen atoms in total. The van der Waals surface area contributed by atoms with E-state index in [0.29, 0.717) is 44.7 Å². The molecule has 2 aliphatic heterocycles. The second-order valence-electron chi connectivity index (χ2n) is 13.3. The summed E-state index contributed by atoms with van der Waals surface area (Å²) < 4.78 is 34.4. The minimum absolute atomic E-state index is 0.0964. The maximum atomic E-state index is 14.2. The number of nitrogens with two attached hydrogens (primary N) is 1. The summed E-state index contributed by atoms with van der Waals surface area (Å²) in [5.74, 6) is -3.24. The number of sulfonamides is 1. The fourth-order valence-corrected chi connectivity index (χ4v) is 12.1. The third kappa shape index (κ3) is 6.15. The average molecular weight is 795 g/mol. The highest BCUT2D eigenvalue weighted by molar-refractivity contribution is 8.00. The molecule has 17 heteroatoms. The van der Waals surface area contributed by atoms with Crippen molar-refractivity contribution >= 4 is 79.8 Å². The highest BCUT2D eigenvalue weighted by Crippen LogP contribution is 2.69. The van der Waals surface area contributed by atoms with Crippen LogP contribution in [-0.4, -0.2) is 55.6 Å². The molecule has 3 amide bonds. The number of rotatable bonds is 9. The molecule has 4 aliphatic rings. The highest BCUT2D eigenvalue weighted by atomic mass is 35.5. The van der Waals surface area contributed by atoms with Crippen molar-refractivity contribution in [2.75, 3.05) is 23.4 Å². The van der Waals surface area contributed by atoms with Crippen LogP contribution in [-0.2, 0) is 29.1 Å². The van der Waals surface area contributed by atoms with Crippen molar-refractivity contribution in [3.05, 3.63) is 97.4 Å². The van der Waals surface area contributed by atoms with Gasteiger partial charge in [0.1, 0.15) is 5.75 Å². The first kappa shape index (κ1) is 35.5. The summed E-state index contributed by atoms with van der Waals surface area (Å²) in [4.78, 5) is 71.0. The monoisotopic (exact) mass is 794 g/mol. The SMILES string of the molecule is CCOC(=O)c1ccc(N2C(=O)C3C(C2=O)[C@@H]2C[C@H]3C3Sc4[nH]c(=O)sc4[C@H](c4cc(Cl)ccc4OCC(=O)Nc4ccc(S(N)(=O)=O)cc4)C32)cc1. The number of anilines is 2. The van der Waals surface area contributed by atoms with E-state index in [2.05, 4.69) is 10.3 Å². The number of thiazole rings is 1. The topological polar surface area (TPSA) is 195 Å². The van der Waals surface area contributed by atoms with Gasteiger partial charge in [0.15, 0.2) is 6.61 Å². The van der Waals surface area contributed by atoms with Crippen molar-refractivity contribution in [1.29, 1.82) is 0 Å². The molecule has 2 bridgehead atoms.